The number of aryl methyl sites for hydroxylation is 1. The number of benzene rings is 3. The van der Waals surface area contributed by atoms with E-state index in [1.54, 1.807) is 42.5 Å². The number of hydrogen-bond acceptors (Lipinski definition) is 4. The summed E-state index contributed by atoms with van der Waals surface area (Å²) in [6.45, 7) is 2.89. The number of carbonyl (C=O) groups excluding carboxylic acids is 1. The molecule has 0 bridgehead atoms. The molecule has 0 saturated heterocycles. The Hall–Kier alpha value is -2.74. The van der Waals surface area contributed by atoms with E-state index in [0.717, 1.165) is 24.8 Å². The van der Waals surface area contributed by atoms with Crippen molar-refractivity contribution in [1.29, 1.82) is 0 Å². The van der Waals surface area contributed by atoms with Gasteiger partial charge in [0, 0.05) is 5.56 Å². The molecular weight excluding hydrogens is 507 g/mol. The van der Waals surface area contributed by atoms with Crippen LogP contribution in [0.25, 0.3) is 0 Å². The van der Waals surface area contributed by atoms with E-state index < -0.39 is 10.0 Å². The molecule has 0 aliphatic rings. The lowest BCUT2D eigenvalue weighted by molar-refractivity contribution is 0.0947. The van der Waals surface area contributed by atoms with Crippen LogP contribution in [-0.4, -0.2) is 33.7 Å². The molecule has 0 aliphatic carbocycles. The van der Waals surface area contributed by atoms with E-state index in [9.17, 15) is 13.2 Å². The van der Waals surface area contributed by atoms with Crippen LogP contribution in [0.3, 0.4) is 0 Å². The molecule has 6 nitrogen and oxygen atoms in total. The smallest absolute Gasteiger partial charge is 0.251 e. The Balaban J connectivity index is 1.56. The summed E-state index contributed by atoms with van der Waals surface area (Å²) in [6.07, 6.45) is 3.24. The van der Waals surface area contributed by atoms with E-state index in [1.165, 1.54) is 9.87 Å². The Labute approximate surface area is 216 Å². The molecule has 0 radical (unpaired) electrons. The van der Waals surface area contributed by atoms with Gasteiger partial charge in [0.1, 0.15) is 12.4 Å². The van der Waals surface area contributed by atoms with Crippen LogP contribution in [0.15, 0.2) is 66.7 Å². The van der Waals surface area contributed by atoms with Gasteiger partial charge < -0.3 is 10.1 Å². The highest BCUT2D eigenvalue weighted by atomic mass is 35.5. The van der Waals surface area contributed by atoms with Crippen molar-refractivity contribution in [1.82, 2.24) is 5.32 Å². The van der Waals surface area contributed by atoms with Crippen molar-refractivity contribution in [2.75, 3.05) is 23.7 Å². The van der Waals surface area contributed by atoms with E-state index in [4.69, 9.17) is 27.9 Å². The number of halogens is 2. The molecule has 0 aromatic heterocycles. The van der Waals surface area contributed by atoms with Crippen LogP contribution in [0.1, 0.15) is 34.8 Å². The van der Waals surface area contributed by atoms with Crippen molar-refractivity contribution in [3.05, 3.63) is 93.5 Å². The summed E-state index contributed by atoms with van der Waals surface area (Å²) in [5, 5.41) is 3.25. The summed E-state index contributed by atoms with van der Waals surface area (Å²) in [5.41, 5.74) is 2.72. The van der Waals surface area contributed by atoms with Gasteiger partial charge in [0.25, 0.3) is 5.91 Å². The molecule has 35 heavy (non-hydrogen) atoms. The van der Waals surface area contributed by atoms with Crippen LogP contribution in [0.5, 0.6) is 5.75 Å². The lowest BCUT2D eigenvalue weighted by Gasteiger charge is -2.24. The SMILES string of the molecule is CCCc1ccc(OCCNC(=O)c2ccc(CN(c3cccc(Cl)c3Cl)S(C)(=O)=O)cc2)cc1. The fraction of sp³-hybridized carbons (Fsp3) is 0.269. The lowest BCUT2D eigenvalue weighted by atomic mass is 10.1. The number of carbonyl (C=O) groups is 1. The first-order valence-corrected chi connectivity index (χ1v) is 13.8. The minimum atomic E-state index is -3.63. The Morgan fingerprint density at radius 3 is 2.26 bits per heavy atom. The summed E-state index contributed by atoms with van der Waals surface area (Å²) < 4.78 is 31.7. The molecule has 3 aromatic carbocycles. The Bertz CT molecular complexity index is 1250. The highest BCUT2D eigenvalue weighted by Crippen LogP contribution is 2.34. The first-order chi connectivity index (χ1) is 16.7. The largest absolute Gasteiger partial charge is 0.492 e. The van der Waals surface area contributed by atoms with E-state index in [0.29, 0.717) is 30.0 Å². The number of nitrogens with one attached hydrogen (secondary N) is 1. The Morgan fingerprint density at radius 1 is 0.971 bits per heavy atom. The summed E-state index contributed by atoms with van der Waals surface area (Å²) >= 11 is 12.3. The van der Waals surface area contributed by atoms with Crippen molar-refractivity contribution in [2.45, 2.75) is 26.3 Å². The van der Waals surface area contributed by atoms with Crippen LogP contribution >= 0.6 is 23.2 Å². The third-order valence-electron chi connectivity index (χ3n) is 5.26. The molecule has 3 aromatic rings. The zero-order chi connectivity index (χ0) is 25.4. The second-order valence-corrected chi connectivity index (χ2v) is 10.7. The molecular formula is C26H28Cl2N2O4S. The molecule has 0 heterocycles. The highest BCUT2D eigenvalue weighted by Gasteiger charge is 2.21. The molecule has 1 amide bonds. The van der Waals surface area contributed by atoms with Crippen molar-refractivity contribution >= 4 is 44.8 Å². The number of anilines is 1. The molecule has 0 spiro atoms. The van der Waals surface area contributed by atoms with Crippen molar-refractivity contribution in [2.24, 2.45) is 0 Å². The molecule has 0 unspecified atom stereocenters. The Kier molecular flexibility index (Phi) is 9.43. The standard InChI is InChI=1S/C26H28Cl2N2O4S/c1-3-5-19-10-14-22(15-11-19)34-17-16-29-26(31)21-12-8-20(9-13-21)18-30(35(2,32)33)24-7-4-6-23(27)25(24)28/h4,6-15H,3,5,16-18H2,1-2H3,(H,29,31). The van der Waals surface area contributed by atoms with Crippen LogP contribution in [-0.2, 0) is 23.0 Å². The van der Waals surface area contributed by atoms with Crippen LogP contribution in [0.2, 0.25) is 10.0 Å². The fourth-order valence-corrected chi connectivity index (χ4v) is 4.81. The number of hydrogen-bond donors (Lipinski definition) is 1. The highest BCUT2D eigenvalue weighted by molar-refractivity contribution is 7.92. The normalized spacial score (nSPS) is 11.2. The second-order valence-electron chi connectivity index (χ2n) is 8.04. The summed E-state index contributed by atoms with van der Waals surface area (Å²) in [4.78, 5) is 12.5. The van der Waals surface area contributed by atoms with E-state index in [-0.39, 0.29) is 22.5 Å². The van der Waals surface area contributed by atoms with E-state index in [2.05, 4.69) is 12.2 Å². The maximum Gasteiger partial charge on any atom is 0.251 e. The maximum absolute atomic E-state index is 12.5. The van der Waals surface area contributed by atoms with Gasteiger partial charge >= 0.3 is 0 Å². The number of amides is 1. The maximum atomic E-state index is 12.5. The van der Waals surface area contributed by atoms with Crippen LogP contribution in [0.4, 0.5) is 5.69 Å². The van der Waals surface area contributed by atoms with Gasteiger partial charge in [-0.25, -0.2) is 8.42 Å². The average molecular weight is 535 g/mol. The van der Waals surface area contributed by atoms with Crippen LogP contribution in [0, 0.1) is 0 Å². The van der Waals surface area contributed by atoms with Gasteiger partial charge in [-0.05, 0) is 53.9 Å². The first kappa shape index (κ1) is 26.9. The molecule has 1 N–H and O–H groups in total. The summed E-state index contributed by atoms with van der Waals surface area (Å²) in [5.74, 6) is 0.523. The van der Waals surface area contributed by atoms with Gasteiger partial charge in [0.15, 0.2) is 0 Å². The number of rotatable bonds is 11. The average Bonchev–Trinajstić information content (AvgIpc) is 2.83. The molecule has 0 atom stereocenters. The lowest BCUT2D eigenvalue weighted by Crippen LogP contribution is -2.30. The summed E-state index contributed by atoms with van der Waals surface area (Å²) in [7, 11) is -3.63. The zero-order valence-corrected chi connectivity index (χ0v) is 22.0. The second kappa shape index (κ2) is 12.3. The van der Waals surface area contributed by atoms with E-state index in [1.807, 2.05) is 24.3 Å². The molecule has 0 fully saturated rings. The van der Waals surface area contributed by atoms with Gasteiger partial charge in [-0.1, -0.05) is 66.9 Å². The monoisotopic (exact) mass is 534 g/mol. The van der Waals surface area contributed by atoms with E-state index >= 15 is 0 Å². The molecule has 9 heteroatoms. The first-order valence-electron chi connectivity index (χ1n) is 11.2. The third-order valence-corrected chi connectivity index (χ3v) is 7.20. The minimum Gasteiger partial charge on any atom is -0.492 e. The molecule has 3 rings (SSSR count). The summed E-state index contributed by atoms with van der Waals surface area (Å²) in [6, 6.07) is 19.5. The number of nitrogens with zero attached hydrogens (tertiary/aromatic N) is 1. The van der Waals surface area contributed by atoms with Crippen molar-refractivity contribution < 1.29 is 17.9 Å². The molecule has 0 saturated carbocycles. The predicted molar refractivity (Wildman–Crippen MR) is 142 cm³/mol. The zero-order valence-electron chi connectivity index (χ0n) is 19.6. The van der Waals surface area contributed by atoms with Gasteiger partial charge in [-0.15, -0.1) is 0 Å². The molecule has 186 valence electrons. The number of ether oxygens (including phenoxy) is 1. The van der Waals surface area contributed by atoms with Gasteiger partial charge in [0.2, 0.25) is 10.0 Å². The van der Waals surface area contributed by atoms with Crippen molar-refractivity contribution in [3.63, 3.8) is 0 Å². The Morgan fingerprint density at radius 2 is 1.63 bits per heavy atom. The van der Waals surface area contributed by atoms with Crippen molar-refractivity contribution in [3.8, 4) is 5.75 Å². The van der Waals surface area contributed by atoms with Gasteiger partial charge in [-0.3, -0.25) is 9.10 Å². The fourth-order valence-electron chi connectivity index (χ4n) is 3.47. The topological polar surface area (TPSA) is 75.7 Å². The predicted octanol–water partition coefficient (Wildman–Crippen LogP) is 5.72. The third kappa shape index (κ3) is 7.62. The number of sulfonamides is 1. The minimum absolute atomic E-state index is 0.0473. The van der Waals surface area contributed by atoms with Crippen LogP contribution < -0.4 is 14.4 Å². The quantitative estimate of drug-likeness (QED) is 0.319. The van der Waals surface area contributed by atoms with Gasteiger partial charge in [0.05, 0.1) is 35.1 Å². The van der Waals surface area contributed by atoms with Gasteiger partial charge in [-0.2, -0.15) is 0 Å². The molecule has 0 aliphatic heterocycles.